The second-order valence-electron chi connectivity index (χ2n) is 4.74. The maximum Gasteiger partial charge on any atom is 0.243 e. The van der Waals surface area contributed by atoms with Gasteiger partial charge < -0.3 is 10.2 Å². The quantitative estimate of drug-likeness (QED) is 0.910. The smallest absolute Gasteiger partial charge is 0.243 e. The number of hydrogen-bond donors (Lipinski definition) is 1. The van der Waals surface area contributed by atoms with Gasteiger partial charge in [0.2, 0.25) is 11.9 Å². The normalized spacial score (nSPS) is 20.0. The van der Waals surface area contributed by atoms with Gasteiger partial charge in [0, 0.05) is 36.7 Å². The van der Waals surface area contributed by atoms with E-state index >= 15 is 0 Å². The van der Waals surface area contributed by atoms with Crippen molar-refractivity contribution >= 4 is 33.4 Å². The number of amides is 1. The van der Waals surface area contributed by atoms with Gasteiger partial charge >= 0.3 is 0 Å². The summed E-state index contributed by atoms with van der Waals surface area (Å²) in [5.41, 5.74) is 0.797. The molecule has 7 heteroatoms. The second-order valence-corrected chi connectivity index (χ2v) is 5.66. The third-order valence-corrected chi connectivity index (χ3v) is 3.72. The van der Waals surface area contributed by atoms with E-state index in [-0.39, 0.29) is 11.9 Å². The number of fused-ring (bicyclic) bond motifs is 1. The minimum atomic E-state index is 0.199. The van der Waals surface area contributed by atoms with Crippen LogP contribution in [0.25, 0.3) is 5.65 Å². The molecule has 0 spiro atoms. The van der Waals surface area contributed by atoms with E-state index < -0.39 is 0 Å². The summed E-state index contributed by atoms with van der Waals surface area (Å²) < 4.78 is 2.68. The highest BCUT2D eigenvalue weighted by atomic mass is 79.9. The summed E-state index contributed by atoms with van der Waals surface area (Å²) in [4.78, 5) is 17.6. The van der Waals surface area contributed by atoms with Crippen LogP contribution in [0, 0.1) is 0 Å². The van der Waals surface area contributed by atoms with Crippen molar-refractivity contribution in [2.24, 2.45) is 0 Å². The highest BCUT2D eigenvalue weighted by Crippen LogP contribution is 2.16. The number of likely N-dealkylation sites (tertiary alicyclic amines) is 1. The molecule has 2 aromatic heterocycles. The Bertz CT molecular complexity index is 626. The van der Waals surface area contributed by atoms with Crippen LogP contribution in [0.2, 0.25) is 0 Å². The molecule has 1 aliphatic heterocycles. The minimum Gasteiger partial charge on any atom is -0.348 e. The number of hydrogen-bond acceptors (Lipinski definition) is 4. The third-order valence-electron chi connectivity index (χ3n) is 3.25. The second kappa shape index (κ2) is 4.80. The zero-order valence-corrected chi connectivity index (χ0v) is 12.1. The number of anilines is 1. The van der Waals surface area contributed by atoms with Crippen LogP contribution in [0.15, 0.2) is 22.8 Å². The Morgan fingerprint density at radius 1 is 1.47 bits per heavy atom. The first kappa shape index (κ1) is 12.4. The van der Waals surface area contributed by atoms with Gasteiger partial charge in [0.15, 0.2) is 5.65 Å². The van der Waals surface area contributed by atoms with Crippen molar-refractivity contribution in [3.8, 4) is 0 Å². The van der Waals surface area contributed by atoms with Crippen molar-refractivity contribution in [2.45, 2.75) is 18.9 Å². The molecule has 1 unspecified atom stereocenters. The fourth-order valence-corrected chi connectivity index (χ4v) is 2.56. The molecule has 1 fully saturated rings. The summed E-state index contributed by atoms with van der Waals surface area (Å²) in [7, 11) is 1.82. The van der Waals surface area contributed by atoms with Crippen LogP contribution >= 0.6 is 15.9 Å². The Labute approximate surface area is 118 Å². The maximum absolute atomic E-state index is 11.4. The lowest BCUT2D eigenvalue weighted by Crippen LogP contribution is -2.43. The number of piperidine rings is 1. The lowest BCUT2D eigenvalue weighted by atomic mass is 10.1. The van der Waals surface area contributed by atoms with Gasteiger partial charge in [0.05, 0.1) is 0 Å². The van der Waals surface area contributed by atoms with Crippen LogP contribution < -0.4 is 5.32 Å². The number of nitrogens with one attached hydrogen (secondary N) is 1. The summed E-state index contributed by atoms with van der Waals surface area (Å²) >= 11 is 3.40. The highest BCUT2D eigenvalue weighted by Gasteiger charge is 2.23. The van der Waals surface area contributed by atoms with E-state index in [0.717, 1.165) is 16.5 Å². The van der Waals surface area contributed by atoms with Gasteiger partial charge in [-0.25, -0.2) is 4.52 Å². The Morgan fingerprint density at radius 2 is 2.32 bits per heavy atom. The average molecular weight is 324 g/mol. The van der Waals surface area contributed by atoms with E-state index in [0.29, 0.717) is 18.9 Å². The number of nitrogens with zero attached hydrogens (tertiary/aromatic N) is 4. The van der Waals surface area contributed by atoms with Crippen LogP contribution in [-0.4, -0.2) is 45.0 Å². The minimum absolute atomic E-state index is 0.199. The van der Waals surface area contributed by atoms with Crippen molar-refractivity contribution < 1.29 is 4.79 Å². The predicted octanol–water partition coefficient (Wildman–Crippen LogP) is 1.52. The monoisotopic (exact) mass is 323 g/mol. The van der Waals surface area contributed by atoms with Gasteiger partial charge in [-0.3, -0.25) is 4.79 Å². The molecule has 0 aliphatic carbocycles. The standard InChI is InChI=1S/C12H14BrN5O/c1-17-7-9(3-5-11(17)19)14-12-15-10-4-2-8(13)6-18(10)16-12/h2,4,6,9H,3,5,7H2,1H3,(H,14,16). The van der Waals surface area contributed by atoms with Crippen molar-refractivity contribution in [3.05, 3.63) is 22.8 Å². The molecular weight excluding hydrogens is 310 g/mol. The Morgan fingerprint density at radius 3 is 3.11 bits per heavy atom. The molecule has 3 heterocycles. The SMILES string of the molecule is CN1CC(Nc2nc3ccc(Br)cn3n2)CCC1=O. The molecule has 100 valence electrons. The fraction of sp³-hybridized carbons (Fsp3) is 0.417. The fourth-order valence-electron chi connectivity index (χ4n) is 2.23. The van der Waals surface area contributed by atoms with Crippen LogP contribution in [0.1, 0.15) is 12.8 Å². The Kier molecular flexibility index (Phi) is 3.14. The van der Waals surface area contributed by atoms with E-state index in [2.05, 4.69) is 31.3 Å². The number of likely N-dealkylation sites (N-methyl/N-ethyl adjacent to an activating group) is 1. The van der Waals surface area contributed by atoms with Gasteiger partial charge in [-0.15, -0.1) is 5.10 Å². The van der Waals surface area contributed by atoms with Crippen LogP contribution in [-0.2, 0) is 4.79 Å². The van der Waals surface area contributed by atoms with Crippen LogP contribution in [0.4, 0.5) is 5.95 Å². The molecule has 2 aromatic rings. The van der Waals surface area contributed by atoms with E-state index in [4.69, 9.17) is 0 Å². The number of rotatable bonds is 2. The molecule has 0 aromatic carbocycles. The summed E-state index contributed by atoms with van der Waals surface area (Å²) in [5, 5.41) is 7.66. The maximum atomic E-state index is 11.4. The molecule has 1 amide bonds. The number of pyridine rings is 1. The number of carbonyl (C=O) groups is 1. The molecule has 0 radical (unpaired) electrons. The molecule has 1 aliphatic rings. The van der Waals surface area contributed by atoms with Gasteiger partial charge in [0.25, 0.3) is 0 Å². The molecule has 1 N–H and O–H groups in total. The molecule has 6 nitrogen and oxygen atoms in total. The highest BCUT2D eigenvalue weighted by molar-refractivity contribution is 9.10. The lowest BCUT2D eigenvalue weighted by Gasteiger charge is -2.29. The van der Waals surface area contributed by atoms with E-state index in [1.165, 1.54) is 0 Å². The average Bonchev–Trinajstić information content (AvgIpc) is 2.75. The van der Waals surface area contributed by atoms with Gasteiger partial charge in [-0.2, -0.15) is 4.98 Å². The first-order chi connectivity index (χ1) is 9.11. The van der Waals surface area contributed by atoms with E-state index in [1.807, 2.05) is 25.4 Å². The van der Waals surface area contributed by atoms with Crippen molar-refractivity contribution in [2.75, 3.05) is 18.9 Å². The topological polar surface area (TPSA) is 62.5 Å². The van der Waals surface area contributed by atoms with Gasteiger partial charge in [0.1, 0.15) is 0 Å². The summed E-state index contributed by atoms with van der Waals surface area (Å²) in [6.45, 7) is 0.693. The zero-order valence-electron chi connectivity index (χ0n) is 10.5. The lowest BCUT2D eigenvalue weighted by molar-refractivity contribution is -0.132. The van der Waals surface area contributed by atoms with E-state index in [1.54, 1.807) is 9.42 Å². The summed E-state index contributed by atoms with van der Waals surface area (Å²) in [6.07, 6.45) is 3.26. The predicted molar refractivity (Wildman–Crippen MR) is 75.0 cm³/mol. The van der Waals surface area contributed by atoms with Gasteiger partial charge in [-0.1, -0.05) is 0 Å². The number of carbonyl (C=O) groups excluding carboxylic acids is 1. The Balaban J connectivity index is 1.76. The molecule has 1 atom stereocenters. The van der Waals surface area contributed by atoms with Gasteiger partial charge in [-0.05, 0) is 34.5 Å². The first-order valence-electron chi connectivity index (χ1n) is 6.14. The largest absolute Gasteiger partial charge is 0.348 e. The first-order valence-corrected chi connectivity index (χ1v) is 6.93. The van der Waals surface area contributed by atoms with Crippen LogP contribution in [0.5, 0.6) is 0 Å². The molecule has 3 rings (SSSR count). The third kappa shape index (κ3) is 2.56. The van der Waals surface area contributed by atoms with E-state index in [9.17, 15) is 4.79 Å². The summed E-state index contributed by atoms with van der Waals surface area (Å²) in [6, 6.07) is 4.04. The Hall–Kier alpha value is -1.63. The number of aromatic nitrogens is 3. The molecule has 1 saturated heterocycles. The molecule has 0 bridgehead atoms. The van der Waals surface area contributed by atoms with Crippen molar-refractivity contribution in [3.63, 3.8) is 0 Å². The molecule has 19 heavy (non-hydrogen) atoms. The van der Waals surface area contributed by atoms with Crippen molar-refractivity contribution in [1.82, 2.24) is 19.5 Å². The van der Waals surface area contributed by atoms with Crippen LogP contribution in [0.3, 0.4) is 0 Å². The summed E-state index contributed by atoms with van der Waals surface area (Å²) in [5.74, 6) is 0.802. The molecular formula is C12H14BrN5O. The number of halogens is 1. The zero-order chi connectivity index (χ0) is 13.4. The molecule has 0 saturated carbocycles. The van der Waals surface area contributed by atoms with Crippen molar-refractivity contribution in [1.29, 1.82) is 0 Å².